The van der Waals surface area contributed by atoms with Gasteiger partial charge in [-0.25, -0.2) is 0 Å². The molecule has 0 saturated heterocycles. The molecule has 2 aromatic carbocycles. The lowest BCUT2D eigenvalue weighted by Gasteiger charge is -2.11. The maximum atomic E-state index is 12.8. The molecule has 146 valence electrons. The fraction of sp³-hybridized carbons (Fsp3) is 0.0455. The third-order valence-corrected chi connectivity index (χ3v) is 4.22. The minimum absolute atomic E-state index is 0.0179. The van der Waals surface area contributed by atoms with Gasteiger partial charge in [0.1, 0.15) is 5.70 Å². The van der Waals surface area contributed by atoms with Crippen LogP contribution in [0.3, 0.4) is 0 Å². The highest BCUT2D eigenvalue weighted by molar-refractivity contribution is 6.30. The highest BCUT2D eigenvalue weighted by atomic mass is 35.5. The van der Waals surface area contributed by atoms with Gasteiger partial charge >= 0.3 is 0 Å². The number of halogens is 1. The summed E-state index contributed by atoms with van der Waals surface area (Å²) in [6, 6.07) is 16.3. The number of rotatable bonds is 6. The maximum absolute atomic E-state index is 12.8. The van der Waals surface area contributed by atoms with Crippen LogP contribution in [-0.4, -0.2) is 17.6 Å². The van der Waals surface area contributed by atoms with Crippen molar-refractivity contribution in [2.24, 2.45) is 0 Å². The van der Waals surface area contributed by atoms with Gasteiger partial charge in [0.2, 0.25) is 0 Å². The molecule has 0 fully saturated rings. The van der Waals surface area contributed by atoms with Crippen LogP contribution in [0.5, 0.6) is 0 Å². The predicted octanol–water partition coefficient (Wildman–Crippen LogP) is 4.55. The van der Waals surface area contributed by atoms with Crippen LogP contribution in [-0.2, 0) is 4.79 Å². The lowest BCUT2D eigenvalue weighted by atomic mass is 10.1. The third kappa shape index (κ3) is 5.43. The Hall–Kier alpha value is -3.64. The standard InChI is InChI=1S/C22H17ClN2O4/c1-14(26)16-6-10-18(11-7-16)24-21(27)19(13-15-4-8-17(23)9-5-15)25-22(28)20-3-2-12-29-20/h2-13H,1H3,(H,24,27)(H,25,28)/b19-13-. The number of carbonyl (C=O) groups excluding carboxylic acids is 3. The molecule has 0 radical (unpaired) electrons. The predicted molar refractivity (Wildman–Crippen MR) is 111 cm³/mol. The first-order valence-corrected chi connectivity index (χ1v) is 9.04. The Bertz CT molecular complexity index is 1050. The number of benzene rings is 2. The highest BCUT2D eigenvalue weighted by Crippen LogP contribution is 2.15. The average molecular weight is 409 g/mol. The number of nitrogens with one attached hydrogen (secondary N) is 2. The third-order valence-electron chi connectivity index (χ3n) is 3.97. The van der Waals surface area contributed by atoms with Gasteiger partial charge in [0.15, 0.2) is 11.5 Å². The molecule has 0 saturated carbocycles. The fourth-order valence-electron chi connectivity index (χ4n) is 2.46. The SMILES string of the molecule is CC(=O)c1ccc(NC(=O)/C(=C/c2ccc(Cl)cc2)NC(=O)c2ccco2)cc1. The van der Waals surface area contributed by atoms with Crippen molar-refractivity contribution in [2.75, 3.05) is 5.32 Å². The van der Waals surface area contributed by atoms with Crippen molar-refractivity contribution < 1.29 is 18.8 Å². The maximum Gasteiger partial charge on any atom is 0.291 e. The van der Waals surface area contributed by atoms with Crippen molar-refractivity contribution in [2.45, 2.75) is 6.92 Å². The van der Waals surface area contributed by atoms with Gasteiger partial charge in [0, 0.05) is 16.3 Å². The summed E-state index contributed by atoms with van der Waals surface area (Å²) in [6.07, 6.45) is 2.89. The number of hydrogen-bond acceptors (Lipinski definition) is 4. The molecule has 0 unspecified atom stereocenters. The lowest BCUT2D eigenvalue weighted by molar-refractivity contribution is -0.113. The first-order chi connectivity index (χ1) is 13.9. The van der Waals surface area contributed by atoms with Crippen LogP contribution in [0.1, 0.15) is 33.4 Å². The Morgan fingerprint density at radius 2 is 1.66 bits per heavy atom. The quantitative estimate of drug-likeness (QED) is 0.462. The van der Waals surface area contributed by atoms with Crippen LogP contribution in [0.25, 0.3) is 6.08 Å². The molecule has 2 amide bonds. The molecule has 0 aliphatic heterocycles. The first kappa shape index (κ1) is 20.1. The van der Waals surface area contributed by atoms with E-state index >= 15 is 0 Å². The van der Waals surface area contributed by atoms with Crippen LogP contribution in [0.4, 0.5) is 5.69 Å². The Morgan fingerprint density at radius 3 is 2.24 bits per heavy atom. The molecule has 2 N–H and O–H groups in total. The van der Waals surface area contributed by atoms with E-state index in [2.05, 4.69) is 10.6 Å². The number of furan rings is 1. The minimum atomic E-state index is -0.558. The monoisotopic (exact) mass is 408 g/mol. The van der Waals surface area contributed by atoms with E-state index in [1.807, 2.05) is 0 Å². The average Bonchev–Trinajstić information content (AvgIpc) is 3.24. The summed E-state index contributed by atoms with van der Waals surface area (Å²) in [7, 11) is 0. The van der Waals surface area contributed by atoms with Crippen LogP contribution in [0, 0.1) is 0 Å². The van der Waals surface area contributed by atoms with Crippen LogP contribution >= 0.6 is 11.6 Å². The van der Waals surface area contributed by atoms with Gasteiger partial charge in [-0.2, -0.15) is 0 Å². The number of amides is 2. The fourth-order valence-corrected chi connectivity index (χ4v) is 2.59. The van der Waals surface area contributed by atoms with Gasteiger partial charge in [-0.05, 0) is 67.1 Å². The Morgan fingerprint density at radius 1 is 0.966 bits per heavy atom. The zero-order valence-corrected chi connectivity index (χ0v) is 16.2. The lowest BCUT2D eigenvalue weighted by Crippen LogP contribution is -2.30. The van der Waals surface area contributed by atoms with E-state index < -0.39 is 11.8 Å². The molecule has 1 heterocycles. The van der Waals surface area contributed by atoms with Gasteiger partial charge in [0.05, 0.1) is 6.26 Å². The smallest absolute Gasteiger partial charge is 0.291 e. The molecule has 6 nitrogen and oxygen atoms in total. The van der Waals surface area contributed by atoms with Gasteiger partial charge in [0.25, 0.3) is 11.8 Å². The molecule has 3 rings (SSSR count). The number of carbonyl (C=O) groups is 3. The van der Waals surface area contributed by atoms with Crippen molar-refractivity contribution in [1.82, 2.24) is 5.32 Å². The number of ketones is 1. The van der Waals surface area contributed by atoms with E-state index in [0.29, 0.717) is 21.8 Å². The zero-order valence-electron chi connectivity index (χ0n) is 15.4. The van der Waals surface area contributed by atoms with E-state index in [0.717, 1.165) is 0 Å². The van der Waals surface area contributed by atoms with E-state index in [-0.39, 0.29) is 17.2 Å². The van der Waals surface area contributed by atoms with Gasteiger partial charge in [-0.15, -0.1) is 0 Å². The molecule has 0 aliphatic rings. The first-order valence-electron chi connectivity index (χ1n) is 8.67. The number of anilines is 1. The van der Waals surface area contributed by atoms with Crippen molar-refractivity contribution in [1.29, 1.82) is 0 Å². The summed E-state index contributed by atoms with van der Waals surface area (Å²) in [5, 5.41) is 5.82. The number of Topliss-reactive ketones (excluding diaryl/α,β-unsaturated/α-hetero) is 1. The molecule has 0 bridgehead atoms. The second-order valence-corrected chi connectivity index (χ2v) is 6.57. The molecule has 0 aliphatic carbocycles. The van der Waals surface area contributed by atoms with E-state index in [1.165, 1.54) is 25.3 Å². The topological polar surface area (TPSA) is 88.4 Å². The number of hydrogen-bond donors (Lipinski definition) is 2. The molecule has 29 heavy (non-hydrogen) atoms. The molecule has 0 spiro atoms. The highest BCUT2D eigenvalue weighted by Gasteiger charge is 2.16. The largest absolute Gasteiger partial charge is 0.459 e. The molecule has 7 heteroatoms. The van der Waals surface area contributed by atoms with Crippen molar-refractivity contribution in [3.8, 4) is 0 Å². The summed E-state index contributed by atoms with van der Waals surface area (Å²) >= 11 is 5.90. The molecular weight excluding hydrogens is 392 g/mol. The van der Waals surface area contributed by atoms with Gasteiger partial charge in [-0.3, -0.25) is 14.4 Å². The zero-order chi connectivity index (χ0) is 20.8. The Labute approximate surface area is 172 Å². The summed E-state index contributed by atoms with van der Waals surface area (Å²) in [5.41, 5.74) is 1.70. The van der Waals surface area contributed by atoms with Crippen LogP contribution in [0.2, 0.25) is 5.02 Å². The van der Waals surface area contributed by atoms with Crippen molar-refractivity contribution in [3.05, 3.63) is 94.5 Å². The normalized spacial score (nSPS) is 11.0. The van der Waals surface area contributed by atoms with Gasteiger partial charge < -0.3 is 15.1 Å². The molecule has 0 atom stereocenters. The van der Waals surface area contributed by atoms with Crippen LogP contribution < -0.4 is 10.6 Å². The second-order valence-electron chi connectivity index (χ2n) is 6.13. The van der Waals surface area contributed by atoms with Gasteiger partial charge in [-0.1, -0.05) is 23.7 Å². The van der Waals surface area contributed by atoms with E-state index in [1.54, 1.807) is 54.6 Å². The molecule has 1 aromatic heterocycles. The molecular formula is C22H17ClN2O4. The Kier molecular flexibility index (Phi) is 6.26. The summed E-state index contributed by atoms with van der Waals surface area (Å²) in [5.74, 6) is -1.09. The van der Waals surface area contributed by atoms with E-state index in [4.69, 9.17) is 16.0 Å². The summed E-state index contributed by atoms with van der Waals surface area (Å²) in [4.78, 5) is 36.5. The van der Waals surface area contributed by atoms with Crippen molar-refractivity contribution >= 4 is 41.0 Å². The summed E-state index contributed by atoms with van der Waals surface area (Å²) < 4.78 is 5.08. The molecule has 3 aromatic rings. The van der Waals surface area contributed by atoms with Crippen molar-refractivity contribution in [3.63, 3.8) is 0 Å². The minimum Gasteiger partial charge on any atom is -0.459 e. The van der Waals surface area contributed by atoms with Crippen LogP contribution in [0.15, 0.2) is 77.0 Å². The Balaban J connectivity index is 1.84. The summed E-state index contributed by atoms with van der Waals surface area (Å²) in [6.45, 7) is 1.46. The second kappa shape index (κ2) is 9.03. The van der Waals surface area contributed by atoms with E-state index in [9.17, 15) is 14.4 Å².